The van der Waals surface area contributed by atoms with Gasteiger partial charge in [-0.1, -0.05) is 29.8 Å². The molecule has 3 aromatic rings. The summed E-state index contributed by atoms with van der Waals surface area (Å²) in [6.45, 7) is 2.77. The van der Waals surface area contributed by atoms with Crippen LogP contribution in [0.5, 0.6) is 0 Å². The first kappa shape index (κ1) is 17.3. The summed E-state index contributed by atoms with van der Waals surface area (Å²) in [7, 11) is 0. The Morgan fingerprint density at radius 2 is 1.92 bits per heavy atom. The Balaban J connectivity index is 1.37. The molecule has 136 valence electrons. The number of likely N-dealkylation sites (tertiary alicyclic amines) is 1. The number of aromatic amines is 1. The lowest BCUT2D eigenvalue weighted by Gasteiger charge is -2.30. The number of piperidine rings is 1. The van der Waals surface area contributed by atoms with Crippen LogP contribution in [-0.4, -0.2) is 33.3 Å². The van der Waals surface area contributed by atoms with E-state index in [9.17, 15) is 0 Å². The molecule has 0 unspecified atom stereocenters. The fourth-order valence-electron chi connectivity index (χ4n) is 3.57. The molecule has 1 aliphatic heterocycles. The first-order valence-corrected chi connectivity index (χ1v) is 9.31. The highest BCUT2D eigenvalue weighted by molar-refractivity contribution is 6.33. The molecule has 1 fully saturated rings. The van der Waals surface area contributed by atoms with Gasteiger partial charge in [0.1, 0.15) is 18.1 Å². The van der Waals surface area contributed by atoms with Gasteiger partial charge in [-0.25, -0.2) is 0 Å². The summed E-state index contributed by atoms with van der Waals surface area (Å²) >= 11 is 6.28. The second kappa shape index (κ2) is 7.66. The van der Waals surface area contributed by atoms with E-state index < -0.39 is 0 Å². The number of aromatic nitrogens is 2. The van der Waals surface area contributed by atoms with Crippen LogP contribution in [0.3, 0.4) is 0 Å². The van der Waals surface area contributed by atoms with Crippen LogP contribution in [-0.2, 0) is 13.2 Å². The predicted octanol–water partition coefficient (Wildman–Crippen LogP) is 4.20. The maximum absolute atomic E-state index is 9.09. The summed E-state index contributed by atoms with van der Waals surface area (Å²) < 4.78 is 5.59. The quantitative estimate of drug-likeness (QED) is 0.705. The molecule has 0 radical (unpaired) electrons. The molecule has 5 nitrogen and oxygen atoms in total. The molecule has 0 atom stereocenters. The normalized spacial score (nSPS) is 16.2. The number of nitrogens with zero attached hydrogens (tertiary/aromatic N) is 2. The Labute approximate surface area is 157 Å². The SMILES string of the molecule is OCc1ccc(CN2CCC(c3cc(-c4ccccc4Cl)n[nH]3)CC2)o1. The molecule has 1 saturated heterocycles. The number of furan rings is 1. The van der Waals surface area contributed by atoms with Crippen LogP contribution in [0.1, 0.15) is 36.0 Å². The number of aliphatic hydroxyl groups excluding tert-OH is 1. The van der Waals surface area contributed by atoms with Crippen LogP contribution in [0.15, 0.2) is 46.9 Å². The van der Waals surface area contributed by atoms with Gasteiger partial charge >= 0.3 is 0 Å². The lowest BCUT2D eigenvalue weighted by Crippen LogP contribution is -2.32. The third-order valence-corrected chi connectivity index (χ3v) is 5.36. The van der Waals surface area contributed by atoms with Crippen LogP contribution in [0.4, 0.5) is 0 Å². The van der Waals surface area contributed by atoms with Crippen molar-refractivity contribution in [3.8, 4) is 11.3 Å². The summed E-state index contributed by atoms with van der Waals surface area (Å²) in [5.74, 6) is 2.02. The number of hydrogen-bond acceptors (Lipinski definition) is 4. The Morgan fingerprint density at radius 1 is 1.15 bits per heavy atom. The molecule has 0 saturated carbocycles. The van der Waals surface area contributed by atoms with Gasteiger partial charge in [0.05, 0.1) is 17.3 Å². The number of nitrogens with one attached hydrogen (secondary N) is 1. The highest BCUT2D eigenvalue weighted by Crippen LogP contribution is 2.32. The Morgan fingerprint density at radius 3 is 2.65 bits per heavy atom. The summed E-state index contributed by atoms with van der Waals surface area (Å²) in [5.41, 5.74) is 3.05. The number of hydrogen-bond donors (Lipinski definition) is 2. The monoisotopic (exact) mass is 371 g/mol. The number of benzene rings is 1. The highest BCUT2D eigenvalue weighted by atomic mass is 35.5. The number of halogens is 1. The van der Waals surface area contributed by atoms with E-state index in [0.29, 0.717) is 11.7 Å². The smallest absolute Gasteiger partial charge is 0.129 e. The van der Waals surface area contributed by atoms with E-state index in [1.165, 1.54) is 5.69 Å². The first-order chi connectivity index (χ1) is 12.7. The van der Waals surface area contributed by atoms with Crippen molar-refractivity contribution in [1.82, 2.24) is 15.1 Å². The zero-order valence-corrected chi connectivity index (χ0v) is 15.2. The van der Waals surface area contributed by atoms with Crippen molar-refractivity contribution in [2.24, 2.45) is 0 Å². The average molecular weight is 372 g/mol. The van der Waals surface area contributed by atoms with Crippen molar-refractivity contribution < 1.29 is 9.52 Å². The Hall–Kier alpha value is -2.08. The molecular formula is C20H22ClN3O2. The lowest BCUT2D eigenvalue weighted by molar-refractivity contribution is 0.182. The van der Waals surface area contributed by atoms with Crippen molar-refractivity contribution in [2.75, 3.05) is 13.1 Å². The molecule has 2 aromatic heterocycles. The second-order valence-electron chi connectivity index (χ2n) is 6.76. The molecule has 1 aliphatic rings. The highest BCUT2D eigenvalue weighted by Gasteiger charge is 2.23. The molecule has 0 aliphatic carbocycles. The van der Waals surface area contributed by atoms with Gasteiger partial charge in [0.2, 0.25) is 0 Å². The van der Waals surface area contributed by atoms with Gasteiger partial charge in [-0.2, -0.15) is 5.10 Å². The van der Waals surface area contributed by atoms with Gasteiger partial charge in [0.25, 0.3) is 0 Å². The summed E-state index contributed by atoms with van der Waals surface area (Å²) in [4.78, 5) is 2.39. The topological polar surface area (TPSA) is 65.3 Å². The van der Waals surface area contributed by atoms with E-state index >= 15 is 0 Å². The third-order valence-electron chi connectivity index (χ3n) is 5.03. The molecular weight excluding hydrogens is 350 g/mol. The largest absolute Gasteiger partial charge is 0.462 e. The van der Waals surface area contributed by atoms with Gasteiger partial charge in [-0.15, -0.1) is 0 Å². The fraction of sp³-hybridized carbons (Fsp3) is 0.350. The van der Waals surface area contributed by atoms with Crippen LogP contribution in [0.25, 0.3) is 11.3 Å². The van der Waals surface area contributed by atoms with E-state index in [-0.39, 0.29) is 6.61 Å². The second-order valence-corrected chi connectivity index (χ2v) is 7.17. The van der Waals surface area contributed by atoms with E-state index in [1.54, 1.807) is 0 Å². The summed E-state index contributed by atoms with van der Waals surface area (Å²) in [5, 5.41) is 17.5. The summed E-state index contributed by atoms with van der Waals surface area (Å²) in [6, 6.07) is 13.7. The van der Waals surface area contributed by atoms with Crippen LogP contribution >= 0.6 is 11.6 Å². The Bertz CT molecular complexity index is 865. The van der Waals surface area contributed by atoms with Crippen molar-refractivity contribution >= 4 is 11.6 Å². The molecule has 26 heavy (non-hydrogen) atoms. The minimum Gasteiger partial charge on any atom is -0.462 e. The fourth-order valence-corrected chi connectivity index (χ4v) is 3.80. The molecule has 0 amide bonds. The average Bonchev–Trinajstić information content (AvgIpc) is 3.32. The van der Waals surface area contributed by atoms with Gasteiger partial charge in [0.15, 0.2) is 0 Å². The third kappa shape index (κ3) is 3.70. The number of H-pyrrole nitrogens is 1. The molecule has 0 bridgehead atoms. The maximum Gasteiger partial charge on any atom is 0.129 e. The van der Waals surface area contributed by atoms with Crippen LogP contribution in [0.2, 0.25) is 5.02 Å². The predicted molar refractivity (Wildman–Crippen MR) is 101 cm³/mol. The molecule has 4 rings (SSSR count). The van der Waals surface area contributed by atoms with Crippen LogP contribution < -0.4 is 0 Å². The van der Waals surface area contributed by atoms with E-state index in [2.05, 4.69) is 21.2 Å². The maximum atomic E-state index is 9.09. The van der Waals surface area contributed by atoms with Gasteiger partial charge in [-0.3, -0.25) is 10.00 Å². The van der Waals surface area contributed by atoms with Gasteiger partial charge in [0, 0.05) is 17.2 Å². The van der Waals surface area contributed by atoms with Crippen molar-refractivity contribution in [3.05, 3.63) is 64.7 Å². The van der Waals surface area contributed by atoms with E-state index in [0.717, 1.165) is 54.5 Å². The van der Waals surface area contributed by atoms with Crippen molar-refractivity contribution in [2.45, 2.75) is 31.9 Å². The van der Waals surface area contributed by atoms with Gasteiger partial charge in [-0.05, 0) is 50.2 Å². The molecule has 3 heterocycles. The minimum atomic E-state index is -0.0460. The molecule has 6 heteroatoms. The standard InChI is InChI=1S/C20H22ClN3O2/c21-18-4-2-1-3-17(18)20-11-19(22-23-20)14-7-9-24(10-8-14)12-15-5-6-16(13-25)26-15/h1-6,11,14,25H,7-10,12-13H2,(H,22,23). The number of aliphatic hydroxyl groups is 1. The Kier molecular flexibility index (Phi) is 5.11. The lowest BCUT2D eigenvalue weighted by atomic mass is 9.93. The number of rotatable bonds is 5. The molecule has 1 aromatic carbocycles. The van der Waals surface area contributed by atoms with Crippen LogP contribution in [0, 0.1) is 0 Å². The minimum absolute atomic E-state index is 0.0460. The molecule has 2 N–H and O–H groups in total. The zero-order valence-electron chi connectivity index (χ0n) is 14.5. The summed E-state index contributed by atoms with van der Waals surface area (Å²) in [6.07, 6.45) is 2.16. The van der Waals surface area contributed by atoms with Crippen molar-refractivity contribution in [3.63, 3.8) is 0 Å². The van der Waals surface area contributed by atoms with Crippen molar-refractivity contribution in [1.29, 1.82) is 0 Å². The zero-order chi connectivity index (χ0) is 17.9. The van der Waals surface area contributed by atoms with E-state index in [4.69, 9.17) is 21.1 Å². The van der Waals surface area contributed by atoms with E-state index in [1.807, 2.05) is 36.4 Å². The van der Waals surface area contributed by atoms with Gasteiger partial charge < -0.3 is 9.52 Å². The molecule has 0 spiro atoms. The first-order valence-electron chi connectivity index (χ1n) is 8.94.